The molecule has 0 bridgehead atoms. The highest BCUT2D eigenvalue weighted by molar-refractivity contribution is 6.31. The zero-order valence-electron chi connectivity index (χ0n) is 14.8. The Kier molecular flexibility index (Phi) is 7.49. The van der Waals surface area contributed by atoms with E-state index >= 15 is 0 Å². The van der Waals surface area contributed by atoms with E-state index in [4.69, 9.17) is 16.3 Å². The summed E-state index contributed by atoms with van der Waals surface area (Å²) in [6, 6.07) is 12.9. The maximum absolute atomic E-state index is 13.8. The maximum atomic E-state index is 13.8. The van der Waals surface area contributed by atoms with Gasteiger partial charge in [-0.2, -0.15) is 0 Å². The second-order valence-corrected chi connectivity index (χ2v) is 6.31. The molecule has 7 heteroatoms. The summed E-state index contributed by atoms with van der Waals surface area (Å²) >= 11 is 5.93. The number of ketones is 1. The summed E-state index contributed by atoms with van der Waals surface area (Å²) in [6.45, 7) is -0.532. The summed E-state index contributed by atoms with van der Waals surface area (Å²) in [5.74, 6) is -1.84. The Morgan fingerprint density at radius 1 is 1.04 bits per heavy atom. The molecule has 0 unspecified atom stereocenters. The van der Waals surface area contributed by atoms with E-state index in [1.54, 1.807) is 30.3 Å². The first-order chi connectivity index (χ1) is 12.9. The van der Waals surface area contributed by atoms with E-state index in [0.717, 1.165) is 0 Å². The molecule has 2 aromatic rings. The first-order valence-corrected chi connectivity index (χ1v) is 8.67. The summed E-state index contributed by atoms with van der Waals surface area (Å²) in [5, 5.41) is 0.214. The van der Waals surface area contributed by atoms with Crippen LogP contribution in [0.5, 0.6) is 0 Å². The van der Waals surface area contributed by atoms with Crippen LogP contribution in [-0.2, 0) is 20.9 Å². The quantitative estimate of drug-likeness (QED) is 0.509. The number of Topliss-reactive ketones (excluding diaryl/α,β-unsaturated/α-hetero) is 1. The van der Waals surface area contributed by atoms with Gasteiger partial charge in [-0.3, -0.25) is 14.4 Å². The lowest BCUT2D eigenvalue weighted by molar-refractivity contribution is -0.151. The molecule has 0 saturated carbocycles. The van der Waals surface area contributed by atoms with Crippen molar-refractivity contribution in [3.8, 4) is 0 Å². The number of benzene rings is 2. The van der Waals surface area contributed by atoms with Crippen molar-refractivity contribution in [3.63, 3.8) is 0 Å². The van der Waals surface area contributed by atoms with Gasteiger partial charge in [-0.05, 0) is 12.1 Å². The van der Waals surface area contributed by atoms with Crippen LogP contribution >= 0.6 is 11.6 Å². The average molecular weight is 392 g/mol. The van der Waals surface area contributed by atoms with Crippen LogP contribution in [0, 0.1) is 5.82 Å². The number of carbonyl (C=O) groups is 3. The van der Waals surface area contributed by atoms with E-state index in [-0.39, 0.29) is 35.8 Å². The molecule has 2 aromatic carbocycles. The molecule has 142 valence electrons. The highest BCUT2D eigenvalue weighted by Crippen LogP contribution is 2.20. The lowest BCUT2D eigenvalue weighted by Gasteiger charge is -2.18. The van der Waals surface area contributed by atoms with E-state index in [2.05, 4.69) is 0 Å². The highest BCUT2D eigenvalue weighted by Gasteiger charge is 2.16. The number of amides is 1. The van der Waals surface area contributed by atoms with Crippen LogP contribution in [0.4, 0.5) is 4.39 Å². The molecule has 0 radical (unpaired) electrons. The van der Waals surface area contributed by atoms with Gasteiger partial charge in [0.2, 0.25) is 0 Å². The molecule has 27 heavy (non-hydrogen) atoms. The third-order valence-corrected chi connectivity index (χ3v) is 4.25. The normalized spacial score (nSPS) is 10.3. The first-order valence-electron chi connectivity index (χ1n) is 8.29. The predicted molar refractivity (Wildman–Crippen MR) is 98.8 cm³/mol. The molecule has 1 amide bonds. The minimum atomic E-state index is -0.648. The molecule has 0 aliphatic rings. The van der Waals surface area contributed by atoms with Crippen LogP contribution in [-0.4, -0.2) is 36.2 Å². The van der Waals surface area contributed by atoms with Crippen molar-refractivity contribution in [1.82, 2.24) is 4.90 Å². The Morgan fingerprint density at radius 2 is 1.74 bits per heavy atom. The largest absolute Gasteiger partial charge is 0.456 e. The number of carbonyl (C=O) groups excluding carboxylic acids is 3. The van der Waals surface area contributed by atoms with E-state index in [0.29, 0.717) is 5.56 Å². The SMILES string of the molecule is CN(Cc1c(F)cccc1Cl)C(=O)COC(=O)CCC(=O)c1ccccc1. The lowest BCUT2D eigenvalue weighted by atomic mass is 10.1. The summed E-state index contributed by atoms with van der Waals surface area (Å²) in [4.78, 5) is 36.9. The molecule has 0 saturated heterocycles. The van der Waals surface area contributed by atoms with Crippen LogP contribution in [0.25, 0.3) is 0 Å². The summed E-state index contributed by atoms with van der Waals surface area (Å²) in [6.07, 6.45) is -0.123. The van der Waals surface area contributed by atoms with E-state index in [1.807, 2.05) is 0 Å². The van der Waals surface area contributed by atoms with Gasteiger partial charge in [-0.15, -0.1) is 0 Å². The molecule has 5 nitrogen and oxygen atoms in total. The number of esters is 1. The zero-order valence-corrected chi connectivity index (χ0v) is 15.5. The number of halogens is 2. The van der Waals surface area contributed by atoms with E-state index in [1.165, 1.54) is 30.1 Å². The number of ether oxygens (including phenoxy) is 1. The van der Waals surface area contributed by atoms with Gasteiger partial charge in [0.05, 0.1) is 6.42 Å². The summed E-state index contributed by atoms with van der Waals surface area (Å²) < 4.78 is 18.7. The molecule has 0 fully saturated rings. The Balaban J connectivity index is 1.77. The standard InChI is InChI=1S/C20H19ClFNO4/c1-23(12-15-16(21)8-5-9-17(15)22)19(25)13-27-20(26)11-10-18(24)14-6-3-2-4-7-14/h2-9H,10-13H2,1H3. The van der Waals surface area contributed by atoms with E-state index in [9.17, 15) is 18.8 Å². The van der Waals surface area contributed by atoms with Crippen molar-refractivity contribution >= 4 is 29.3 Å². The van der Waals surface area contributed by atoms with Crippen molar-refractivity contribution in [2.24, 2.45) is 0 Å². The maximum Gasteiger partial charge on any atom is 0.306 e. The van der Waals surface area contributed by atoms with Gasteiger partial charge in [0.1, 0.15) is 5.82 Å². The highest BCUT2D eigenvalue weighted by atomic mass is 35.5. The van der Waals surface area contributed by atoms with E-state index < -0.39 is 24.3 Å². The van der Waals surface area contributed by atoms with Gasteiger partial charge >= 0.3 is 5.97 Å². The third kappa shape index (κ3) is 6.18. The minimum Gasteiger partial charge on any atom is -0.456 e. The summed E-state index contributed by atoms with van der Waals surface area (Å²) in [7, 11) is 1.46. The molecule has 0 spiro atoms. The number of likely N-dealkylation sites (N-methyl/N-ethyl adjacent to an activating group) is 1. The summed E-state index contributed by atoms with van der Waals surface area (Å²) in [5.41, 5.74) is 0.706. The minimum absolute atomic E-state index is 0.00227. The zero-order chi connectivity index (χ0) is 19.8. The van der Waals surface area contributed by atoms with Crippen LogP contribution in [0.15, 0.2) is 48.5 Å². The molecule has 2 rings (SSSR count). The van der Waals surface area contributed by atoms with Gasteiger partial charge in [-0.1, -0.05) is 48.0 Å². The molecular formula is C20H19ClFNO4. The first kappa shape index (κ1) is 20.6. The predicted octanol–water partition coefficient (Wildman–Crippen LogP) is 3.64. The van der Waals surface area contributed by atoms with Gasteiger partial charge in [0.25, 0.3) is 5.91 Å². The molecule has 0 heterocycles. The fourth-order valence-corrected chi connectivity index (χ4v) is 2.54. The van der Waals surface area contributed by atoms with Crippen molar-refractivity contribution in [2.75, 3.05) is 13.7 Å². The molecular weight excluding hydrogens is 373 g/mol. The van der Waals surface area contributed by atoms with Gasteiger partial charge in [-0.25, -0.2) is 4.39 Å². The van der Waals surface area contributed by atoms with Gasteiger partial charge in [0, 0.05) is 36.2 Å². The molecule has 0 aliphatic carbocycles. The third-order valence-electron chi connectivity index (χ3n) is 3.89. The number of nitrogens with zero attached hydrogens (tertiary/aromatic N) is 1. The molecule has 0 aliphatic heterocycles. The Morgan fingerprint density at radius 3 is 2.41 bits per heavy atom. The van der Waals surface area contributed by atoms with Gasteiger partial charge < -0.3 is 9.64 Å². The fraction of sp³-hybridized carbons (Fsp3) is 0.250. The number of hydrogen-bond acceptors (Lipinski definition) is 4. The van der Waals surface area contributed by atoms with Crippen molar-refractivity contribution in [3.05, 3.63) is 70.5 Å². The Labute approximate surface area is 161 Å². The van der Waals surface area contributed by atoms with Crippen LogP contribution in [0.3, 0.4) is 0 Å². The van der Waals surface area contributed by atoms with Gasteiger partial charge in [0.15, 0.2) is 12.4 Å². The average Bonchev–Trinajstić information content (AvgIpc) is 2.67. The Bertz CT molecular complexity index is 806. The number of rotatable bonds is 8. The smallest absolute Gasteiger partial charge is 0.306 e. The van der Waals surface area contributed by atoms with Crippen LogP contribution in [0.1, 0.15) is 28.8 Å². The van der Waals surface area contributed by atoms with Crippen molar-refractivity contribution in [2.45, 2.75) is 19.4 Å². The van der Waals surface area contributed by atoms with Crippen LogP contribution < -0.4 is 0 Å². The second kappa shape index (κ2) is 9.83. The Hall–Kier alpha value is -2.73. The molecule has 0 atom stereocenters. The van der Waals surface area contributed by atoms with Crippen molar-refractivity contribution in [1.29, 1.82) is 0 Å². The fourth-order valence-electron chi connectivity index (χ4n) is 2.32. The van der Waals surface area contributed by atoms with Crippen molar-refractivity contribution < 1.29 is 23.5 Å². The second-order valence-electron chi connectivity index (χ2n) is 5.90. The lowest BCUT2D eigenvalue weighted by Crippen LogP contribution is -2.31. The monoisotopic (exact) mass is 391 g/mol. The molecule has 0 N–H and O–H groups in total. The topological polar surface area (TPSA) is 63.7 Å². The number of hydrogen-bond donors (Lipinski definition) is 0. The molecule has 0 aromatic heterocycles. The van der Waals surface area contributed by atoms with Crippen LogP contribution in [0.2, 0.25) is 5.02 Å².